The Bertz CT molecular complexity index is 1100. The minimum atomic E-state index is -0.227. The van der Waals surface area contributed by atoms with E-state index in [1.165, 1.54) is 11.8 Å². The van der Waals surface area contributed by atoms with Gasteiger partial charge in [0.25, 0.3) is 11.8 Å². The third kappa shape index (κ3) is 6.84. The molecule has 2 saturated heterocycles. The molecule has 0 saturated carbocycles. The predicted octanol–water partition coefficient (Wildman–Crippen LogP) is 4.16. The molecule has 0 bridgehead atoms. The van der Waals surface area contributed by atoms with Gasteiger partial charge in [-0.2, -0.15) is 0 Å². The topological polar surface area (TPSA) is 77.1 Å². The summed E-state index contributed by atoms with van der Waals surface area (Å²) in [5.41, 5.74) is 1.80. The van der Waals surface area contributed by atoms with Gasteiger partial charge in [0.05, 0.1) is 24.2 Å². The SMILES string of the molecule is CCOc1cc(/C=C2\SC(=S)N(C[C@@H]3CCCO3)C2=O)ccc1OCC(=O)NCc1ccccc1. The van der Waals surface area contributed by atoms with Crippen LogP contribution in [-0.2, 0) is 20.9 Å². The van der Waals surface area contributed by atoms with Crippen molar-refractivity contribution in [1.29, 1.82) is 0 Å². The van der Waals surface area contributed by atoms with Crippen molar-refractivity contribution in [3.63, 3.8) is 0 Å². The van der Waals surface area contributed by atoms with Gasteiger partial charge in [-0.3, -0.25) is 14.5 Å². The molecular formula is C26H28N2O5S2. The standard InChI is InChI=1S/C26H28N2O5S2/c1-2-31-22-13-19(14-23-25(30)28(26(34)35-23)16-20-9-6-12-32-20)10-11-21(22)33-17-24(29)27-15-18-7-4-3-5-8-18/h3-5,7-8,10-11,13-14,20H,2,6,9,12,15-17H2,1H3,(H,27,29)/b23-14-/t20-/m0/s1. The summed E-state index contributed by atoms with van der Waals surface area (Å²) in [6.07, 6.45) is 3.80. The van der Waals surface area contributed by atoms with Crippen LogP contribution >= 0.6 is 24.0 Å². The lowest BCUT2D eigenvalue weighted by Crippen LogP contribution is -2.35. The van der Waals surface area contributed by atoms with Crippen molar-refractivity contribution >= 4 is 46.2 Å². The van der Waals surface area contributed by atoms with Crippen LogP contribution < -0.4 is 14.8 Å². The van der Waals surface area contributed by atoms with Crippen LogP contribution in [0.2, 0.25) is 0 Å². The average Bonchev–Trinajstić information content (AvgIpc) is 3.47. The molecule has 2 aliphatic heterocycles. The first kappa shape index (κ1) is 25.2. The highest BCUT2D eigenvalue weighted by Crippen LogP contribution is 2.35. The van der Waals surface area contributed by atoms with Crippen LogP contribution in [0.4, 0.5) is 0 Å². The number of nitrogens with zero attached hydrogens (tertiary/aromatic N) is 1. The van der Waals surface area contributed by atoms with Crippen LogP contribution in [-0.4, -0.2) is 53.5 Å². The molecule has 2 heterocycles. The minimum absolute atomic E-state index is 0.0442. The van der Waals surface area contributed by atoms with Crippen LogP contribution in [0, 0.1) is 0 Å². The van der Waals surface area contributed by atoms with E-state index in [2.05, 4.69) is 5.32 Å². The zero-order valence-electron chi connectivity index (χ0n) is 19.5. The van der Waals surface area contributed by atoms with Gasteiger partial charge in [-0.1, -0.05) is 60.4 Å². The van der Waals surface area contributed by atoms with E-state index < -0.39 is 0 Å². The fourth-order valence-corrected chi connectivity index (χ4v) is 5.07. The van der Waals surface area contributed by atoms with Crippen LogP contribution in [0.15, 0.2) is 53.4 Å². The monoisotopic (exact) mass is 512 g/mol. The fourth-order valence-electron chi connectivity index (χ4n) is 3.79. The van der Waals surface area contributed by atoms with Gasteiger partial charge in [0.1, 0.15) is 4.32 Å². The van der Waals surface area contributed by atoms with Gasteiger partial charge >= 0.3 is 0 Å². The smallest absolute Gasteiger partial charge is 0.266 e. The van der Waals surface area contributed by atoms with Crippen molar-refractivity contribution in [3.05, 3.63) is 64.6 Å². The molecule has 4 rings (SSSR count). The second kappa shape index (κ2) is 12.2. The predicted molar refractivity (Wildman–Crippen MR) is 140 cm³/mol. The van der Waals surface area contributed by atoms with Crippen LogP contribution in [0.1, 0.15) is 30.9 Å². The third-order valence-electron chi connectivity index (χ3n) is 5.54. The Kier molecular flexibility index (Phi) is 8.79. The molecular weight excluding hydrogens is 484 g/mol. The maximum absolute atomic E-state index is 12.9. The van der Waals surface area contributed by atoms with E-state index in [-0.39, 0.29) is 24.5 Å². The number of ether oxygens (including phenoxy) is 3. The van der Waals surface area contributed by atoms with Crippen LogP contribution in [0.25, 0.3) is 6.08 Å². The van der Waals surface area contributed by atoms with Crippen molar-refractivity contribution in [2.24, 2.45) is 0 Å². The number of hydrogen-bond donors (Lipinski definition) is 1. The number of carbonyl (C=O) groups excluding carboxylic acids is 2. The van der Waals surface area contributed by atoms with Gasteiger partial charge in [-0.15, -0.1) is 0 Å². The van der Waals surface area contributed by atoms with E-state index in [1.807, 2.05) is 43.3 Å². The lowest BCUT2D eigenvalue weighted by molar-refractivity contribution is -0.124. The number of thiocarbonyl (C=S) groups is 1. The Morgan fingerprint density at radius 2 is 2.06 bits per heavy atom. The van der Waals surface area contributed by atoms with E-state index in [9.17, 15) is 9.59 Å². The van der Waals surface area contributed by atoms with Gasteiger partial charge in [0.2, 0.25) is 0 Å². The number of nitrogens with one attached hydrogen (secondary N) is 1. The van der Waals surface area contributed by atoms with E-state index in [4.69, 9.17) is 26.4 Å². The van der Waals surface area contributed by atoms with Gasteiger partial charge in [-0.05, 0) is 49.1 Å². The maximum atomic E-state index is 12.9. The van der Waals surface area contributed by atoms with Gasteiger partial charge in [0, 0.05) is 13.2 Å². The summed E-state index contributed by atoms with van der Waals surface area (Å²) in [5.74, 6) is 0.635. The zero-order chi connectivity index (χ0) is 24.6. The number of benzene rings is 2. The van der Waals surface area contributed by atoms with Crippen LogP contribution in [0.5, 0.6) is 11.5 Å². The Hall–Kier alpha value is -2.88. The molecule has 1 N–H and O–H groups in total. The number of hydrogen-bond acceptors (Lipinski definition) is 7. The average molecular weight is 513 g/mol. The highest BCUT2D eigenvalue weighted by molar-refractivity contribution is 8.26. The molecule has 9 heteroatoms. The third-order valence-corrected chi connectivity index (χ3v) is 6.92. The number of amides is 2. The molecule has 2 fully saturated rings. The molecule has 0 aromatic heterocycles. The zero-order valence-corrected chi connectivity index (χ0v) is 21.2. The molecule has 184 valence electrons. The molecule has 2 aromatic carbocycles. The normalized spacial score (nSPS) is 18.8. The summed E-state index contributed by atoms with van der Waals surface area (Å²) in [5, 5.41) is 2.84. The largest absolute Gasteiger partial charge is 0.490 e. The van der Waals surface area contributed by atoms with Gasteiger partial charge in [0.15, 0.2) is 18.1 Å². The van der Waals surface area contributed by atoms with E-state index in [0.29, 0.717) is 40.4 Å². The summed E-state index contributed by atoms with van der Waals surface area (Å²) in [6.45, 7) is 3.84. The van der Waals surface area contributed by atoms with Crippen molar-refractivity contribution in [2.75, 3.05) is 26.4 Å². The molecule has 2 aromatic rings. The quantitative estimate of drug-likeness (QED) is 0.378. The van der Waals surface area contributed by atoms with E-state index in [1.54, 1.807) is 23.1 Å². The summed E-state index contributed by atoms with van der Waals surface area (Å²) in [4.78, 5) is 27.3. The molecule has 7 nitrogen and oxygen atoms in total. The molecule has 0 radical (unpaired) electrons. The number of rotatable bonds is 10. The molecule has 1 atom stereocenters. The van der Waals surface area contributed by atoms with E-state index >= 15 is 0 Å². The Morgan fingerprint density at radius 1 is 1.23 bits per heavy atom. The molecule has 0 aliphatic carbocycles. The summed E-state index contributed by atoms with van der Waals surface area (Å²) in [6, 6.07) is 15.0. The second-order valence-corrected chi connectivity index (χ2v) is 9.79. The summed E-state index contributed by atoms with van der Waals surface area (Å²) < 4.78 is 17.7. The molecule has 0 spiro atoms. The summed E-state index contributed by atoms with van der Waals surface area (Å²) >= 11 is 6.72. The highest BCUT2D eigenvalue weighted by Gasteiger charge is 2.34. The lowest BCUT2D eigenvalue weighted by Gasteiger charge is -2.18. The first-order chi connectivity index (χ1) is 17.0. The fraction of sp³-hybridized carbons (Fsp3) is 0.346. The number of carbonyl (C=O) groups is 2. The van der Waals surface area contributed by atoms with Crippen molar-refractivity contribution in [3.8, 4) is 11.5 Å². The first-order valence-electron chi connectivity index (χ1n) is 11.6. The Labute approximate surface area is 214 Å². The first-order valence-corrected chi connectivity index (χ1v) is 12.8. The maximum Gasteiger partial charge on any atom is 0.266 e. The van der Waals surface area contributed by atoms with Gasteiger partial charge in [-0.25, -0.2) is 0 Å². The van der Waals surface area contributed by atoms with Crippen molar-refractivity contribution < 1.29 is 23.8 Å². The van der Waals surface area contributed by atoms with Crippen molar-refractivity contribution in [1.82, 2.24) is 10.2 Å². The molecule has 35 heavy (non-hydrogen) atoms. The second-order valence-electron chi connectivity index (χ2n) is 8.12. The van der Waals surface area contributed by atoms with Crippen molar-refractivity contribution in [2.45, 2.75) is 32.4 Å². The Morgan fingerprint density at radius 3 is 2.80 bits per heavy atom. The highest BCUT2D eigenvalue weighted by atomic mass is 32.2. The molecule has 2 aliphatic rings. The van der Waals surface area contributed by atoms with Crippen LogP contribution in [0.3, 0.4) is 0 Å². The minimum Gasteiger partial charge on any atom is -0.490 e. The lowest BCUT2D eigenvalue weighted by atomic mass is 10.1. The Balaban J connectivity index is 1.38. The summed E-state index contributed by atoms with van der Waals surface area (Å²) in [7, 11) is 0. The van der Waals surface area contributed by atoms with Gasteiger partial charge < -0.3 is 19.5 Å². The molecule has 0 unspecified atom stereocenters. The van der Waals surface area contributed by atoms with E-state index in [0.717, 1.165) is 30.6 Å². The molecule has 2 amide bonds. The number of thioether (sulfide) groups is 1.